The third-order valence-corrected chi connectivity index (χ3v) is 4.04. The molecule has 1 aromatic carbocycles. The average Bonchev–Trinajstić information content (AvgIpc) is 2.16. The Bertz CT molecular complexity index is 401. The molecule has 18 heavy (non-hydrogen) atoms. The van der Waals surface area contributed by atoms with Crippen molar-refractivity contribution < 1.29 is 0 Å². The predicted molar refractivity (Wildman–Crippen MR) is 78.9 cm³/mol. The normalized spacial score (nSPS) is 22.9. The van der Waals surface area contributed by atoms with E-state index in [2.05, 4.69) is 64.2 Å². The molecule has 0 aromatic heterocycles. The maximum Gasteiger partial charge on any atom is 0.0132 e. The van der Waals surface area contributed by atoms with Crippen LogP contribution >= 0.6 is 0 Å². The zero-order chi connectivity index (χ0) is 13.4. The lowest BCUT2D eigenvalue weighted by molar-refractivity contribution is 0.128. The van der Waals surface area contributed by atoms with Gasteiger partial charge in [0.2, 0.25) is 0 Å². The van der Waals surface area contributed by atoms with Crippen LogP contribution in [0.5, 0.6) is 0 Å². The van der Waals surface area contributed by atoms with Crippen molar-refractivity contribution in [2.75, 3.05) is 0 Å². The summed E-state index contributed by atoms with van der Waals surface area (Å²) in [5, 5.41) is 3.76. The Morgan fingerprint density at radius 1 is 1.06 bits per heavy atom. The molecule has 0 bridgehead atoms. The molecule has 1 nitrogen and oxygen atoms in total. The monoisotopic (exact) mass is 245 g/mol. The molecule has 0 aliphatic carbocycles. The minimum absolute atomic E-state index is 0.259. The highest BCUT2D eigenvalue weighted by Crippen LogP contribution is 2.35. The molecule has 0 spiro atoms. The number of benzene rings is 1. The highest BCUT2D eigenvalue weighted by molar-refractivity contribution is 5.26. The van der Waals surface area contributed by atoms with Gasteiger partial charge in [-0.2, -0.15) is 0 Å². The van der Waals surface area contributed by atoms with Gasteiger partial charge in [0.1, 0.15) is 0 Å². The van der Waals surface area contributed by atoms with Gasteiger partial charge in [-0.05, 0) is 70.9 Å². The van der Waals surface area contributed by atoms with Crippen LogP contribution in [0.2, 0.25) is 0 Å². The van der Waals surface area contributed by atoms with Crippen molar-refractivity contribution in [1.82, 2.24) is 5.32 Å². The first-order valence-electron chi connectivity index (χ1n) is 7.11. The highest BCUT2D eigenvalue weighted by atomic mass is 15.0. The highest BCUT2D eigenvalue weighted by Gasteiger charge is 2.37. The average molecular weight is 245 g/mol. The van der Waals surface area contributed by atoms with E-state index in [0.29, 0.717) is 0 Å². The van der Waals surface area contributed by atoms with Crippen molar-refractivity contribution in [3.63, 3.8) is 0 Å². The second-order valence-corrected chi connectivity index (χ2v) is 7.30. The molecule has 2 rings (SSSR count). The Kier molecular flexibility index (Phi) is 3.55. The fourth-order valence-corrected chi connectivity index (χ4v) is 3.83. The third kappa shape index (κ3) is 3.35. The Morgan fingerprint density at radius 3 is 2.17 bits per heavy atom. The fraction of sp³-hybridized carbons (Fsp3) is 0.647. The number of nitrogens with one attached hydrogen (secondary N) is 1. The minimum atomic E-state index is 0.259. The molecule has 1 fully saturated rings. The van der Waals surface area contributed by atoms with Gasteiger partial charge in [0.05, 0.1) is 0 Å². The van der Waals surface area contributed by atoms with Gasteiger partial charge in [-0.1, -0.05) is 24.3 Å². The summed E-state index contributed by atoms with van der Waals surface area (Å²) >= 11 is 0. The topological polar surface area (TPSA) is 12.0 Å². The van der Waals surface area contributed by atoms with E-state index in [0.717, 1.165) is 5.92 Å². The van der Waals surface area contributed by atoms with Crippen molar-refractivity contribution in [2.45, 2.75) is 65.0 Å². The maximum atomic E-state index is 3.76. The van der Waals surface area contributed by atoms with Crippen molar-refractivity contribution >= 4 is 0 Å². The van der Waals surface area contributed by atoms with E-state index < -0.39 is 0 Å². The van der Waals surface area contributed by atoms with Gasteiger partial charge in [-0.3, -0.25) is 0 Å². The lowest BCUT2D eigenvalue weighted by atomic mass is 9.73. The molecule has 0 saturated carbocycles. The molecule has 0 amide bonds. The van der Waals surface area contributed by atoms with Crippen molar-refractivity contribution in [3.8, 4) is 0 Å². The van der Waals surface area contributed by atoms with E-state index in [4.69, 9.17) is 0 Å². The van der Waals surface area contributed by atoms with Gasteiger partial charge in [0.25, 0.3) is 0 Å². The molecule has 1 aliphatic rings. The Hall–Kier alpha value is -0.820. The summed E-state index contributed by atoms with van der Waals surface area (Å²) in [5.41, 5.74) is 3.48. The van der Waals surface area contributed by atoms with Crippen LogP contribution in [0.15, 0.2) is 24.3 Å². The summed E-state index contributed by atoms with van der Waals surface area (Å²) in [6.45, 7) is 11.6. The molecule has 0 unspecified atom stereocenters. The van der Waals surface area contributed by atoms with Gasteiger partial charge in [0.15, 0.2) is 0 Å². The molecule has 100 valence electrons. The van der Waals surface area contributed by atoms with E-state index in [9.17, 15) is 0 Å². The number of piperidine rings is 1. The molecule has 1 heteroatoms. The van der Waals surface area contributed by atoms with Crippen molar-refractivity contribution in [3.05, 3.63) is 35.4 Å². The number of aryl methyl sites for hydroxylation is 1. The minimum Gasteiger partial charge on any atom is -0.307 e. The standard InChI is InChI=1S/C17H27N/c1-13-8-6-7-9-15(13)10-14-11-16(2,3)18-17(4,5)12-14/h6-9,14,18H,10-12H2,1-5H3. The molecule has 1 aliphatic heterocycles. The molecule has 0 radical (unpaired) electrons. The van der Waals surface area contributed by atoms with E-state index in [1.54, 1.807) is 0 Å². The molecule has 0 atom stereocenters. The van der Waals surface area contributed by atoms with Gasteiger partial charge in [-0.25, -0.2) is 0 Å². The molecule has 1 aromatic rings. The lowest BCUT2D eigenvalue weighted by Gasteiger charge is -2.46. The summed E-state index contributed by atoms with van der Waals surface area (Å²) in [7, 11) is 0. The van der Waals surface area contributed by atoms with Crippen LogP contribution in [-0.4, -0.2) is 11.1 Å². The molecular weight excluding hydrogens is 218 g/mol. The first-order chi connectivity index (χ1) is 8.27. The van der Waals surface area contributed by atoms with Crippen LogP contribution in [0.4, 0.5) is 0 Å². The fourth-order valence-electron chi connectivity index (χ4n) is 3.83. The Labute approximate surface area is 112 Å². The number of rotatable bonds is 2. The quantitative estimate of drug-likeness (QED) is 0.827. The third-order valence-electron chi connectivity index (χ3n) is 4.04. The lowest BCUT2D eigenvalue weighted by Crippen LogP contribution is -2.58. The van der Waals surface area contributed by atoms with Gasteiger partial charge in [-0.15, -0.1) is 0 Å². The number of hydrogen-bond acceptors (Lipinski definition) is 1. The van der Waals surface area contributed by atoms with E-state index in [-0.39, 0.29) is 11.1 Å². The van der Waals surface area contributed by atoms with E-state index in [1.807, 2.05) is 0 Å². The SMILES string of the molecule is Cc1ccccc1CC1CC(C)(C)NC(C)(C)C1. The van der Waals surface area contributed by atoms with Gasteiger partial charge >= 0.3 is 0 Å². The van der Waals surface area contributed by atoms with Crippen molar-refractivity contribution in [2.24, 2.45) is 5.92 Å². The van der Waals surface area contributed by atoms with Crippen LogP contribution in [0.25, 0.3) is 0 Å². The summed E-state index contributed by atoms with van der Waals surface area (Å²) in [4.78, 5) is 0. The van der Waals surface area contributed by atoms with Gasteiger partial charge < -0.3 is 5.32 Å². The van der Waals surface area contributed by atoms with E-state index >= 15 is 0 Å². The first kappa shape index (κ1) is 13.6. The first-order valence-corrected chi connectivity index (χ1v) is 7.11. The van der Waals surface area contributed by atoms with Crippen LogP contribution in [0.3, 0.4) is 0 Å². The molecular formula is C17H27N. The summed E-state index contributed by atoms with van der Waals surface area (Å²) in [5.74, 6) is 0.789. The second kappa shape index (κ2) is 4.70. The van der Waals surface area contributed by atoms with Gasteiger partial charge in [0, 0.05) is 11.1 Å². The molecule has 1 saturated heterocycles. The van der Waals surface area contributed by atoms with E-state index in [1.165, 1.54) is 30.4 Å². The Balaban J connectivity index is 2.12. The smallest absolute Gasteiger partial charge is 0.0132 e. The molecule has 1 heterocycles. The predicted octanol–water partition coefficient (Wildman–Crippen LogP) is 4.09. The van der Waals surface area contributed by atoms with Crippen LogP contribution in [0.1, 0.15) is 51.7 Å². The maximum absolute atomic E-state index is 3.76. The zero-order valence-electron chi connectivity index (χ0n) is 12.5. The second-order valence-electron chi connectivity index (χ2n) is 7.30. The summed E-state index contributed by atoms with van der Waals surface area (Å²) in [6, 6.07) is 8.82. The van der Waals surface area contributed by atoms with Crippen LogP contribution in [0, 0.1) is 12.8 Å². The Morgan fingerprint density at radius 2 is 1.61 bits per heavy atom. The largest absolute Gasteiger partial charge is 0.307 e. The summed E-state index contributed by atoms with van der Waals surface area (Å²) < 4.78 is 0. The molecule has 1 N–H and O–H groups in total. The van der Waals surface area contributed by atoms with Crippen LogP contribution < -0.4 is 5.32 Å². The zero-order valence-corrected chi connectivity index (χ0v) is 12.5. The van der Waals surface area contributed by atoms with Crippen LogP contribution in [-0.2, 0) is 6.42 Å². The number of hydrogen-bond donors (Lipinski definition) is 1. The van der Waals surface area contributed by atoms with Crippen molar-refractivity contribution in [1.29, 1.82) is 0 Å². The summed E-state index contributed by atoms with van der Waals surface area (Å²) in [6.07, 6.45) is 3.76.